The quantitative estimate of drug-likeness (QED) is 0.705. The summed E-state index contributed by atoms with van der Waals surface area (Å²) in [7, 11) is 0. The minimum Gasteiger partial charge on any atom is -0.480 e. The number of hydrogen-bond acceptors (Lipinski definition) is 2. The Hall–Kier alpha value is -1.13. The Morgan fingerprint density at radius 3 is 2.40 bits per heavy atom. The van der Waals surface area contributed by atoms with Crippen molar-refractivity contribution >= 4 is 11.9 Å². The molecule has 0 radical (unpaired) electrons. The Morgan fingerprint density at radius 1 is 1.40 bits per heavy atom. The van der Waals surface area contributed by atoms with Crippen LogP contribution in [0.3, 0.4) is 0 Å². The molecule has 1 N–H and O–H groups in total. The maximum atomic E-state index is 13.1. The fourth-order valence-electron chi connectivity index (χ4n) is 1.27. The van der Waals surface area contributed by atoms with E-state index in [-0.39, 0.29) is 13.0 Å². The van der Waals surface area contributed by atoms with Gasteiger partial charge in [0.1, 0.15) is 12.7 Å². The SMILES string of the molecule is CCCC(F)CC(=O)N(CC)CC(=O)O. The first-order chi connectivity index (χ1) is 7.01. The Balaban J connectivity index is 4.09. The molecule has 0 saturated carbocycles. The van der Waals surface area contributed by atoms with Gasteiger partial charge in [-0.3, -0.25) is 9.59 Å². The molecule has 0 aliphatic carbocycles. The highest BCUT2D eigenvalue weighted by Gasteiger charge is 2.18. The number of carbonyl (C=O) groups excluding carboxylic acids is 1. The second-order valence-electron chi connectivity index (χ2n) is 3.39. The molecule has 0 fully saturated rings. The minimum absolute atomic E-state index is 0.213. The van der Waals surface area contributed by atoms with Gasteiger partial charge in [-0.2, -0.15) is 0 Å². The van der Waals surface area contributed by atoms with E-state index >= 15 is 0 Å². The highest BCUT2D eigenvalue weighted by atomic mass is 19.1. The highest BCUT2D eigenvalue weighted by molar-refractivity contribution is 5.81. The molecule has 0 aliphatic rings. The fourth-order valence-corrected chi connectivity index (χ4v) is 1.27. The van der Waals surface area contributed by atoms with E-state index in [0.717, 1.165) is 4.90 Å². The van der Waals surface area contributed by atoms with Gasteiger partial charge >= 0.3 is 5.97 Å². The molecule has 0 saturated heterocycles. The van der Waals surface area contributed by atoms with Crippen LogP contribution in [0.2, 0.25) is 0 Å². The lowest BCUT2D eigenvalue weighted by atomic mass is 10.1. The lowest BCUT2D eigenvalue weighted by Gasteiger charge is -2.19. The number of rotatable bonds is 7. The average molecular weight is 219 g/mol. The second-order valence-corrected chi connectivity index (χ2v) is 3.39. The first kappa shape index (κ1) is 13.9. The molecule has 1 unspecified atom stereocenters. The van der Waals surface area contributed by atoms with Crippen LogP contribution in [0.15, 0.2) is 0 Å². The summed E-state index contributed by atoms with van der Waals surface area (Å²) in [6, 6.07) is 0. The second kappa shape index (κ2) is 7.20. The van der Waals surface area contributed by atoms with Crippen molar-refractivity contribution < 1.29 is 19.1 Å². The number of likely N-dealkylation sites (N-methyl/N-ethyl adjacent to an activating group) is 1. The number of halogens is 1. The van der Waals surface area contributed by atoms with Crippen LogP contribution in [0.1, 0.15) is 33.1 Å². The van der Waals surface area contributed by atoms with E-state index in [9.17, 15) is 14.0 Å². The van der Waals surface area contributed by atoms with E-state index in [0.29, 0.717) is 19.4 Å². The summed E-state index contributed by atoms with van der Waals surface area (Å²) in [6.07, 6.45) is -0.351. The molecule has 5 heteroatoms. The molecule has 88 valence electrons. The molecule has 0 aliphatic heterocycles. The highest BCUT2D eigenvalue weighted by Crippen LogP contribution is 2.08. The normalized spacial score (nSPS) is 12.2. The molecule has 0 aromatic heterocycles. The van der Waals surface area contributed by atoms with Gasteiger partial charge in [-0.1, -0.05) is 13.3 Å². The van der Waals surface area contributed by atoms with Gasteiger partial charge in [-0.05, 0) is 13.3 Å². The number of aliphatic carboxylic acids is 1. The average Bonchev–Trinajstić information content (AvgIpc) is 2.13. The van der Waals surface area contributed by atoms with Gasteiger partial charge in [0.05, 0.1) is 6.42 Å². The van der Waals surface area contributed by atoms with Crippen molar-refractivity contribution in [1.82, 2.24) is 4.90 Å². The maximum Gasteiger partial charge on any atom is 0.323 e. The van der Waals surface area contributed by atoms with Gasteiger partial charge < -0.3 is 10.0 Å². The molecule has 0 spiro atoms. The Kier molecular flexibility index (Phi) is 6.66. The summed E-state index contributed by atoms with van der Waals surface area (Å²) < 4.78 is 13.1. The van der Waals surface area contributed by atoms with Crippen LogP contribution in [-0.4, -0.2) is 41.1 Å². The van der Waals surface area contributed by atoms with Crippen molar-refractivity contribution in [2.75, 3.05) is 13.1 Å². The summed E-state index contributed by atoms with van der Waals surface area (Å²) in [5.41, 5.74) is 0. The third kappa shape index (κ3) is 6.04. The number of carboxylic acid groups (broad SMARTS) is 1. The van der Waals surface area contributed by atoms with E-state index in [1.807, 2.05) is 6.92 Å². The van der Waals surface area contributed by atoms with E-state index in [1.165, 1.54) is 0 Å². The van der Waals surface area contributed by atoms with Crippen LogP contribution in [0, 0.1) is 0 Å². The van der Waals surface area contributed by atoms with Crippen LogP contribution in [0.5, 0.6) is 0 Å². The lowest BCUT2D eigenvalue weighted by molar-refractivity contribution is -0.144. The zero-order chi connectivity index (χ0) is 11.8. The van der Waals surface area contributed by atoms with Crippen LogP contribution in [0.4, 0.5) is 4.39 Å². The molecule has 0 bridgehead atoms. The van der Waals surface area contributed by atoms with Gasteiger partial charge in [0.15, 0.2) is 0 Å². The predicted molar refractivity (Wildman–Crippen MR) is 54.3 cm³/mol. The molecule has 4 nitrogen and oxygen atoms in total. The van der Waals surface area contributed by atoms with Gasteiger partial charge in [-0.25, -0.2) is 4.39 Å². The summed E-state index contributed by atoms with van der Waals surface area (Å²) >= 11 is 0. The molecular weight excluding hydrogens is 201 g/mol. The zero-order valence-electron chi connectivity index (χ0n) is 9.20. The predicted octanol–water partition coefficient (Wildman–Crippen LogP) is 1.45. The van der Waals surface area contributed by atoms with Gasteiger partial charge in [0.25, 0.3) is 0 Å². The van der Waals surface area contributed by atoms with Crippen molar-refractivity contribution in [3.8, 4) is 0 Å². The van der Waals surface area contributed by atoms with Crippen molar-refractivity contribution in [2.45, 2.75) is 39.3 Å². The molecule has 0 aromatic rings. The summed E-state index contributed by atoms with van der Waals surface area (Å²) in [5, 5.41) is 8.51. The van der Waals surface area contributed by atoms with Crippen LogP contribution < -0.4 is 0 Å². The molecule has 0 rings (SSSR count). The molecule has 0 aromatic carbocycles. The van der Waals surface area contributed by atoms with Crippen LogP contribution in [-0.2, 0) is 9.59 Å². The maximum absolute atomic E-state index is 13.1. The molecular formula is C10H18FNO3. The van der Waals surface area contributed by atoms with Crippen molar-refractivity contribution in [1.29, 1.82) is 0 Å². The first-order valence-corrected chi connectivity index (χ1v) is 5.14. The van der Waals surface area contributed by atoms with Gasteiger partial charge in [0.2, 0.25) is 5.91 Å². The summed E-state index contributed by atoms with van der Waals surface area (Å²) in [5.74, 6) is -1.50. The van der Waals surface area contributed by atoms with Crippen molar-refractivity contribution in [3.05, 3.63) is 0 Å². The number of alkyl halides is 1. The minimum atomic E-state index is -1.16. The Morgan fingerprint density at radius 2 is 2.00 bits per heavy atom. The Bertz CT molecular complexity index is 221. The number of amides is 1. The molecule has 1 atom stereocenters. The Labute approximate surface area is 89.1 Å². The molecule has 1 amide bonds. The monoisotopic (exact) mass is 219 g/mol. The van der Waals surface area contributed by atoms with Gasteiger partial charge in [-0.15, -0.1) is 0 Å². The lowest BCUT2D eigenvalue weighted by Crippen LogP contribution is -2.36. The van der Waals surface area contributed by atoms with E-state index in [1.54, 1.807) is 6.92 Å². The first-order valence-electron chi connectivity index (χ1n) is 5.14. The van der Waals surface area contributed by atoms with E-state index in [4.69, 9.17) is 5.11 Å². The largest absolute Gasteiger partial charge is 0.480 e. The summed E-state index contributed by atoms with van der Waals surface area (Å²) in [4.78, 5) is 23.0. The number of carbonyl (C=O) groups is 2. The van der Waals surface area contributed by atoms with E-state index < -0.39 is 18.0 Å². The van der Waals surface area contributed by atoms with Crippen LogP contribution in [0.25, 0.3) is 0 Å². The van der Waals surface area contributed by atoms with Crippen LogP contribution >= 0.6 is 0 Å². The number of carboxylic acids is 1. The zero-order valence-corrected chi connectivity index (χ0v) is 9.20. The number of hydrogen-bond donors (Lipinski definition) is 1. The third-order valence-electron chi connectivity index (χ3n) is 2.06. The van der Waals surface area contributed by atoms with Gasteiger partial charge in [0, 0.05) is 6.54 Å². The molecule has 15 heavy (non-hydrogen) atoms. The molecule has 0 heterocycles. The number of nitrogens with zero attached hydrogens (tertiary/aromatic N) is 1. The standard InChI is InChI=1S/C10H18FNO3/c1-3-5-8(11)6-9(13)12(4-2)7-10(14)15/h8H,3-7H2,1-2H3,(H,14,15). The van der Waals surface area contributed by atoms with E-state index in [2.05, 4.69) is 0 Å². The van der Waals surface area contributed by atoms with Crippen molar-refractivity contribution in [2.24, 2.45) is 0 Å². The summed E-state index contributed by atoms with van der Waals surface area (Å²) in [6.45, 7) is 3.46. The fraction of sp³-hybridized carbons (Fsp3) is 0.800. The topological polar surface area (TPSA) is 57.6 Å². The van der Waals surface area contributed by atoms with Crippen molar-refractivity contribution in [3.63, 3.8) is 0 Å². The smallest absolute Gasteiger partial charge is 0.323 e. The third-order valence-corrected chi connectivity index (χ3v) is 2.06.